The van der Waals surface area contributed by atoms with E-state index >= 15 is 0 Å². The number of nitrogens with one attached hydrogen (secondary N) is 1. The van der Waals surface area contributed by atoms with Crippen LogP contribution in [-0.4, -0.2) is 25.2 Å². The fourth-order valence-electron chi connectivity index (χ4n) is 2.89. The van der Waals surface area contributed by atoms with Gasteiger partial charge in [-0.25, -0.2) is 0 Å². The van der Waals surface area contributed by atoms with Gasteiger partial charge in [-0.05, 0) is 37.5 Å². The van der Waals surface area contributed by atoms with Crippen LogP contribution < -0.4 is 10.2 Å². The molecule has 0 aliphatic carbocycles. The Morgan fingerprint density at radius 1 is 1.24 bits per heavy atom. The summed E-state index contributed by atoms with van der Waals surface area (Å²) < 4.78 is 38.9. The van der Waals surface area contributed by atoms with Gasteiger partial charge in [-0.3, -0.25) is 0 Å². The summed E-state index contributed by atoms with van der Waals surface area (Å²) in [5.41, 5.74) is 1.05. The van der Waals surface area contributed by atoms with Crippen LogP contribution in [-0.2, 0) is 6.18 Å². The van der Waals surface area contributed by atoms with E-state index in [4.69, 9.17) is 0 Å². The normalized spacial score (nSPS) is 23.4. The van der Waals surface area contributed by atoms with Gasteiger partial charge in [0.2, 0.25) is 0 Å². The minimum Gasteiger partial charge on any atom is -0.365 e. The molecule has 2 unspecified atom stereocenters. The molecule has 5 heteroatoms. The van der Waals surface area contributed by atoms with Gasteiger partial charge in [-0.1, -0.05) is 19.9 Å². The topological polar surface area (TPSA) is 15.3 Å². The summed E-state index contributed by atoms with van der Waals surface area (Å²) in [7, 11) is 0. The Bertz CT molecular complexity index is 485. The lowest BCUT2D eigenvalue weighted by Crippen LogP contribution is -2.56. The first-order valence-corrected chi connectivity index (χ1v) is 7.54. The molecule has 1 heterocycles. The molecule has 1 N–H and O–H groups in total. The molecule has 2 rings (SSSR count). The van der Waals surface area contributed by atoms with Crippen molar-refractivity contribution >= 4 is 5.69 Å². The molecular formula is C16H23F3N2. The minimum atomic E-state index is -4.29. The molecule has 1 aromatic carbocycles. The van der Waals surface area contributed by atoms with Crippen LogP contribution in [0.1, 0.15) is 37.8 Å². The number of hydrogen-bond donors (Lipinski definition) is 1. The number of nitrogens with zero attached hydrogens (tertiary/aromatic N) is 1. The fourth-order valence-corrected chi connectivity index (χ4v) is 2.89. The average molecular weight is 300 g/mol. The summed E-state index contributed by atoms with van der Waals surface area (Å²) in [5, 5.41) is 3.47. The van der Waals surface area contributed by atoms with Crippen LogP contribution in [0.4, 0.5) is 18.9 Å². The lowest BCUT2D eigenvalue weighted by molar-refractivity contribution is -0.137. The first-order valence-electron chi connectivity index (χ1n) is 7.54. The molecule has 0 bridgehead atoms. The molecule has 0 radical (unpaired) electrons. The number of anilines is 1. The van der Waals surface area contributed by atoms with Crippen LogP contribution in [0, 0.1) is 6.92 Å². The highest BCUT2D eigenvalue weighted by molar-refractivity contribution is 5.57. The lowest BCUT2D eigenvalue weighted by atomic mass is 10.0. The third-order valence-corrected chi connectivity index (χ3v) is 4.31. The molecule has 1 aliphatic heterocycles. The summed E-state index contributed by atoms with van der Waals surface area (Å²) in [6.45, 7) is 7.64. The van der Waals surface area contributed by atoms with Gasteiger partial charge in [0.25, 0.3) is 0 Å². The molecule has 21 heavy (non-hydrogen) atoms. The molecule has 1 fully saturated rings. The van der Waals surface area contributed by atoms with Crippen LogP contribution >= 0.6 is 0 Å². The first-order chi connectivity index (χ1) is 9.86. The molecule has 0 spiro atoms. The van der Waals surface area contributed by atoms with Crippen LogP contribution in [0.5, 0.6) is 0 Å². The summed E-state index contributed by atoms with van der Waals surface area (Å²) in [6.07, 6.45) is -2.40. The Morgan fingerprint density at radius 2 is 1.95 bits per heavy atom. The van der Waals surface area contributed by atoms with Crippen LogP contribution in [0.15, 0.2) is 18.2 Å². The maximum absolute atomic E-state index is 13.0. The van der Waals surface area contributed by atoms with Gasteiger partial charge < -0.3 is 10.2 Å². The Labute approximate surface area is 124 Å². The van der Waals surface area contributed by atoms with Crippen LogP contribution in [0.25, 0.3) is 0 Å². The highest BCUT2D eigenvalue weighted by Gasteiger charge is 2.33. The van der Waals surface area contributed by atoms with E-state index < -0.39 is 11.7 Å². The van der Waals surface area contributed by atoms with Crippen molar-refractivity contribution in [2.24, 2.45) is 0 Å². The monoisotopic (exact) mass is 300 g/mol. The quantitative estimate of drug-likeness (QED) is 0.908. The van der Waals surface area contributed by atoms with Crippen molar-refractivity contribution in [3.05, 3.63) is 29.3 Å². The SMILES string of the molecule is CCC1CN(c2cc(C(F)(F)F)ccc2C)C(CC)CN1. The predicted molar refractivity (Wildman–Crippen MR) is 79.7 cm³/mol. The number of piperazine rings is 1. The number of rotatable bonds is 3. The molecule has 0 amide bonds. The van der Waals surface area contributed by atoms with E-state index in [-0.39, 0.29) is 6.04 Å². The van der Waals surface area contributed by atoms with Gasteiger partial charge >= 0.3 is 6.18 Å². The average Bonchev–Trinajstić information content (AvgIpc) is 2.45. The molecule has 118 valence electrons. The Balaban J connectivity index is 2.37. The maximum Gasteiger partial charge on any atom is 0.416 e. The zero-order chi connectivity index (χ0) is 15.6. The van der Waals surface area contributed by atoms with Crippen molar-refractivity contribution in [2.75, 3.05) is 18.0 Å². The lowest BCUT2D eigenvalue weighted by Gasteiger charge is -2.42. The molecule has 1 aromatic rings. The molecule has 0 aromatic heterocycles. The van der Waals surface area contributed by atoms with E-state index in [1.807, 2.05) is 6.92 Å². The molecule has 1 saturated heterocycles. The third-order valence-electron chi connectivity index (χ3n) is 4.31. The predicted octanol–water partition coefficient (Wildman–Crippen LogP) is 3.98. The van der Waals surface area contributed by atoms with E-state index in [1.165, 1.54) is 12.1 Å². The smallest absolute Gasteiger partial charge is 0.365 e. The van der Waals surface area contributed by atoms with E-state index in [0.29, 0.717) is 6.04 Å². The molecule has 1 aliphatic rings. The fraction of sp³-hybridized carbons (Fsp3) is 0.625. The number of halogens is 3. The Hall–Kier alpha value is -1.23. The Kier molecular flexibility index (Phi) is 4.81. The number of aryl methyl sites for hydroxylation is 1. The first kappa shape index (κ1) is 16.1. The zero-order valence-corrected chi connectivity index (χ0v) is 12.8. The van der Waals surface area contributed by atoms with Crippen LogP contribution in [0.2, 0.25) is 0 Å². The van der Waals surface area contributed by atoms with Gasteiger partial charge in [-0.15, -0.1) is 0 Å². The largest absolute Gasteiger partial charge is 0.416 e. The number of hydrogen-bond acceptors (Lipinski definition) is 2. The summed E-state index contributed by atoms with van der Waals surface area (Å²) >= 11 is 0. The Morgan fingerprint density at radius 3 is 2.52 bits per heavy atom. The van der Waals surface area contributed by atoms with Crippen molar-refractivity contribution in [3.63, 3.8) is 0 Å². The second-order valence-electron chi connectivity index (χ2n) is 5.73. The second-order valence-corrected chi connectivity index (χ2v) is 5.73. The highest BCUT2D eigenvalue weighted by Crippen LogP contribution is 2.34. The molecular weight excluding hydrogens is 277 g/mol. The van der Waals surface area contributed by atoms with Gasteiger partial charge in [0.15, 0.2) is 0 Å². The van der Waals surface area contributed by atoms with Crippen LogP contribution in [0.3, 0.4) is 0 Å². The van der Waals surface area contributed by atoms with Gasteiger partial charge in [0, 0.05) is 30.9 Å². The minimum absolute atomic E-state index is 0.245. The van der Waals surface area contributed by atoms with E-state index in [0.717, 1.165) is 37.2 Å². The van der Waals surface area contributed by atoms with Crippen molar-refractivity contribution in [3.8, 4) is 0 Å². The molecule has 2 atom stereocenters. The van der Waals surface area contributed by atoms with Gasteiger partial charge in [-0.2, -0.15) is 13.2 Å². The molecule has 0 saturated carbocycles. The number of benzene rings is 1. The number of alkyl halides is 3. The maximum atomic E-state index is 13.0. The molecule has 2 nitrogen and oxygen atoms in total. The van der Waals surface area contributed by atoms with E-state index in [1.54, 1.807) is 6.07 Å². The van der Waals surface area contributed by atoms with Crippen molar-refractivity contribution < 1.29 is 13.2 Å². The zero-order valence-electron chi connectivity index (χ0n) is 12.8. The van der Waals surface area contributed by atoms with Gasteiger partial charge in [0.1, 0.15) is 0 Å². The standard InChI is InChI=1S/C16H23F3N2/c1-4-13-10-21(14(5-2)9-20-13)15-8-12(16(17,18)19)7-6-11(15)3/h6-8,13-14,20H,4-5,9-10H2,1-3H3. The van der Waals surface area contributed by atoms with E-state index in [2.05, 4.69) is 24.1 Å². The summed E-state index contributed by atoms with van der Waals surface area (Å²) in [4.78, 5) is 2.15. The third kappa shape index (κ3) is 3.51. The summed E-state index contributed by atoms with van der Waals surface area (Å²) in [6, 6.07) is 4.63. The van der Waals surface area contributed by atoms with Crippen molar-refractivity contribution in [1.82, 2.24) is 5.32 Å². The van der Waals surface area contributed by atoms with Crippen molar-refractivity contribution in [2.45, 2.75) is 51.9 Å². The van der Waals surface area contributed by atoms with Gasteiger partial charge in [0.05, 0.1) is 5.56 Å². The summed E-state index contributed by atoms with van der Waals surface area (Å²) in [5.74, 6) is 0. The highest BCUT2D eigenvalue weighted by atomic mass is 19.4. The van der Waals surface area contributed by atoms with E-state index in [9.17, 15) is 13.2 Å². The second kappa shape index (κ2) is 6.26. The van der Waals surface area contributed by atoms with Crippen molar-refractivity contribution in [1.29, 1.82) is 0 Å².